The lowest BCUT2D eigenvalue weighted by Crippen LogP contribution is -2.42. The second-order valence-electron chi connectivity index (χ2n) is 5.59. The average Bonchev–Trinajstić information content (AvgIpc) is 2.36. The van der Waals surface area contributed by atoms with Gasteiger partial charge in [-0.1, -0.05) is 19.3 Å². The van der Waals surface area contributed by atoms with E-state index < -0.39 is 0 Å². The first kappa shape index (κ1) is 15.0. The summed E-state index contributed by atoms with van der Waals surface area (Å²) in [7, 11) is 2.17. The van der Waals surface area contributed by atoms with E-state index in [-0.39, 0.29) is 5.41 Å². The van der Waals surface area contributed by atoms with Crippen LogP contribution in [0, 0.1) is 5.41 Å². The number of hydrogen-bond acceptors (Lipinski definition) is 3. The van der Waals surface area contributed by atoms with Crippen LogP contribution in [0.4, 0.5) is 0 Å². The van der Waals surface area contributed by atoms with E-state index in [9.17, 15) is 4.79 Å². The van der Waals surface area contributed by atoms with Crippen LogP contribution in [-0.4, -0.2) is 42.8 Å². The fraction of sp³-hybridized carbons (Fsp3) is 0.929. The molecule has 0 N–H and O–H groups in total. The molecule has 1 atom stereocenters. The van der Waals surface area contributed by atoms with Gasteiger partial charge in [-0.3, -0.25) is 0 Å². The van der Waals surface area contributed by atoms with E-state index in [1.165, 1.54) is 37.7 Å². The molecule has 3 heteroatoms. The molecule has 1 aliphatic rings. The van der Waals surface area contributed by atoms with Gasteiger partial charge in [0.25, 0.3) is 0 Å². The average molecular weight is 257 g/mol. The molecule has 0 radical (unpaired) electrons. The van der Waals surface area contributed by atoms with E-state index in [0.717, 1.165) is 19.4 Å². The summed E-state index contributed by atoms with van der Waals surface area (Å²) in [5.74, 6) is 1.21. The first-order chi connectivity index (χ1) is 8.13. The van der Waals surface area contributed by atoms with Crippen LogP contribution in [0.2, 0.25) is 0 Å². The van der Waals surface area contributed by atoms with Gasteiger partial charge in [-0.05, 0) is 45.2 Å². The van der Waals surface area contributed by atoms with Crippen molar-refractivity contribution in [2.24, 2.45) is 5.41 Å². The lowest BCUT2D eigenvalue weighted by Gasteiger charge is -2.37. The van der Waals surface area contributed by atoms with Crippen molar-refractivity contribution in [3.63, 3.8) is 0 Å². The molecule has 1 aliphatic carbocycles. The van der Waals surface area contributed by atoms with Crippen molar-refractivity contribution in [3.05, 3.63) is 0 Å². The Balaban J connectivity index is 2.46. The zero-order chi connectivity index (χ0) is 12.7. The maximum Gasteiger partial charge on any atom is 0.127 e. The van der Waals surface area contributed by atoms with Gasteiger partial charge in [0.1, 0.15) is 6.29 Å². The maximum atomic E-state index is 11.4. The molecule has 100 valence electrons. The van der Waals surface area contributed by atoms with Crippen LogP contribution in [0.15, 0.2) is 0 Å². The Morgan fingerprint density at radius 2 is 2.00 bits per heavy atom. The molecule has 0 spiro atoms. The zero-order valence-electron chi connectivity index (χ0n) is 11.6. The molecule has 1 saturated carbocycles. The highest BCUT2D eigenvalue weighted by Gasteiger charge is 2.33. The SMILES string of the molecule is CSCCC(C)N(C)CC1(C=O)CCCCC1. The molecular formula is C14H27NOS. The molecule has 0 saturated heterocycles. The Morgan fingerprint density at radius 3 is 2.53 bits per heavy atom. The van der Waals surface area contributed by atoms with Gasteiger partial charge < -0.3 is 9.69 Å². The van der Waals surface area contributed by atoms with Crippen LogP contribution < -0.4 is 0 Å². The van der Waals surface area contributed by atoms with Crippen LogP contribution >= 0.6 is 11.8 Å². The van der Waals surface area contributed by atoms with E-state index in [0.29, 0.717) is 6.04 Å². The largest absolute Gasteiger partial charge is 0.303 e. The van der Waals surface area contributed by atoms with Crippen molar-refractivity contribution >= 4 is 18.0 Å². The third-order valence-electron chi connectivity index (χ3n) is 4.16. The Bertz CT molecular complexity index is 226. The van der Waals surface area contributed by atoms with Gasteiger partial charge in [-0.2, -0.15) is 11.8 Å². The molecule has 0 aromatic rings. The highest BCUT2D eigenvalue weighted by molar-refractivity contribution is 7.98. The lowest BCUT2D eigenvalue weighted by atomic mass is 9.75. The van der Waals surface area contributed by atoms with E-state index in [2.05, 4.69) is 25.1 Å². The Morgan fingerprint density at radius 1 is 1.35 bits per heavy atom. The van der Waals surface area contributed by atoms with Gasteiger partial charge in [-0.25, -0.2) is 0 Å². The number of carbonyl (C=O) groups is 1. The van der Waals surface area contributed by atoms with Crippen molar-refractivity contribution in [2.45, 2.75) is 51.5 Å². The summed E-state index contributed by atoms with van der Waals surface area (Å²) in [6, 6.07) is 0.584. The van der Waals surface area contributed by atoms with Gasteiger partial charge in [-0.15, -0.1) is 0 Å². The zero-order valence-corrected chi connectivity index (χ0v) is 12.4. The van der Waals surface area contributed by atoms with E-state index in [1.54, 1.807) is 0 Å². The monoisotopic (exact) mass is 257 g/mol. The first-order valence-electron chi connectivity index (χ1n) is 6.79. The van der Waals surface area contributed by atoms with Crippen molar-refractivity contribution in [1.82, 2.24) is 4.90 Å². The lowest BCUT2D eigenvalue weighted by molar-refractivity contribution is -0.119. The first-order valence-corrected chi connectivity index (χ1v) is 8.18. The number of nitrogens with zero attached hydrogens (tertiary/aromatic N) is 1. The molecule has 1 fully saturated rings. The number of thioether (sulfide) groups is 1. The second kappa shape index (κ2) is 7.42. The Labute approximate surface area is 111 Å². The molecule has 1 unspecified atom stereocenters. The van der Waals surface area contributed by atoms with Crippen LogP contribution in [0.5, 0.6) is 0 Å². The third-order valence-corrected chi connectivity index (χ3v) is 4.80. The molecule has 0 aliphatic heterocycles. The molecule has 0 aromatic carbocycles. The number of hydrogen-bond donors (Lipinski definition) is 0. The molecule has 0 amide bonds. The summed E-state index contributed by atoms with van der Waals surface area (Å²) < 4.78 is 0. The molecular weight excluding hydrogens is 230 g/mol. The minimum atomic E-state index is -0.0411. The van der Waals surface area contributed by atoms with Crippen LogP contribution in [-0.2, 0) is 4.79 Å². The van der Waals surface area contributed by atoms with Gasteiger partial charge in [0.05, 0.1) is 0 Å². The molecule has 2 nitrogen and oxygen atoms in total. The predicted molar refractivity (Wildman–Crippen MR) is 76.7 cm³/mol. The predicted octanol–water partition coefficient (Wildman–Crippen LogP) is 3.21. The van der Waals surface area contributed by atoms with Crippen molar-refractivity contribution in [3.8, 4) is 0 Å². The summed E-state index contributed by atoms with van der Waals surface area (Å²) >= 11 is 1.90. The summed E-state index contributed by atoms with van der Waals surface area (Å²) in [6.45, 7) is 3.23. The molecule has 17 heavy (non-hydrogen) atoms. The third kappa shape index (κ3) is 4.63. The van der Waals surface area contributed by atoms with Gasteiger partial charge in [0.2, 0.25) is 0 Å². The Hall–Kier alpha value is -0.0200. The fourth-order valence-electron chi connectivity index (χ4n) is 2.73. The molecule has 0 heterocycles. The second-order valence-corrected chi connectivity index (χ2v) is 6.57. The highest BCUT2D eigenvalue weighted by atomic mass is 32.2. The number of aldehydes is 1. The van der Waals surface area contributed by atoms with Crippen LogP contribution in [0.1, 0.15) is 45.4 Å². The number of rotatable bonds is 7. The van der Waals surface area contributed by atoms with E-state index in [4.69, 9.17) is 0 Å². The smallest absolute Gasteiger partial charge is 0.127 e. The molecule has 1 rings (SSSR count). The molecule has 0 bridgehead atoms. The summed E-state index contributed by atoms with van der Waals surface area (Å²) in [5.41, 5.74) is -0.0411. The minimum Gasteiger partial charge on any atom is -0.303 e. The maximum absolute atomic E-state index is 11.4. The highest BCUT2D eigenvalue weighted by Crippen LogP contribution is 2.35. The van der Waals surface area contributed by atoms with Crippen LogP contribution in [0.3, 0.4) is 0 Å². The summed E-state index contributed by atoms with van der Waals surface area (Å²) in [6.07, 6.45) is 10.6. The van der Waals surface area contributed by atoms with E-state index in [1.807, 2.05) is 11.8 Å². The van der Waals surface area contributed by atoms with Gasteiger partial charge in [0.15, 0.2) is 0 Å². The quantitative estimate of drug-likeness (QED) is 0.653. The summed E-state index contributed by atoms with van der Waals surface area (Å²) in [5, 5.41) is 0. The number of carbonyl (C=O) groups excluding carboxylic acids is 1. The van der Waals surface area contributed by atoms with Gasteiger partial charge >= 0.3 is 0 Å². The van der Waals surface area contributed by atoms with Crippen molar-refractivity contribution < 1.29 is 4.79 Å². The van der Waals surface area contributed by atoms with Crippen LogP contribution in [0.25, 0.3) is 0 Å². The fourth-order valence-corrected chi connectivity index (χ4v) is 3.31. The molecule has 0 aromatic heterocycles. The minimum absolute atomic E-state index is 0.0411. The summed E-state index contributed by atoms with van der Waals surface area (Å²) in [4.78, 5) is 13.8. The Kier molecular flexibility index (Phi) is 6.57. The van der Waals surface area contributed by atoms with E-state index >= 15 is 0 Å². The van der Waals surface area contributed by atoms with Gasteiger partial charge in [0, 0.05) is 18.0 Å². The van der Waals surface area contributed by atoms with Crippen molar-refractivity contribution in [1.29, 1.82) is 0 Å². The standard InChI is InChI=1S/C14H27NOS/c1-13(7-10-17-3)15(2)11-14(12-16)8-5-4-6-9-14/h12-13H,4-11H2,1-3H3. The topological polar surface area (TPSA) is 20.3 Å². The normalized spacial score (nSPS) is 21.4. The van der Waals surface area contributed by atoms with Crippen molar-refractivity contribution in [2.75, 3.05) is 25.6 Å².